The van der Waals surface area contributed by atoms with Crippen molar-refractivity contribution >= 4 is 17.2 Å². The van der Waals surface area contributed by atoms with E-state index < -0.39 is 0 Å². The van der Waals surface area contributed by atoms with E-state index in [-0.39, 0.29) is 12.0 Å². The monoisotopic (exact) mass is 287 g/mol. The van der Waals surface area contributed by atoms with E-state index >= 15 is 0 Å². The Morgan fingerprint density at radius 3 is 2.85 bits per heavy atom. The highest BCUT2D eigenvalue weighted by molar-refractivity contribution is 7.12. The molecule has 0 radical (unpaired) electrons. The van der Waals surface area contributed by atoms with Crippen molar-refractivity contribution in [1.29, 1.82) is 0 Å². The van der Waals surface area contributed by atoms with Gasteiger partial charge in [-0.15, -0.1) is 11.3 Å². The zero-order chi connectivity index (χ0) is 13.8. The molecule has 0 N–H and O–H groups in total. The molecular weight excluding hydrogens is 270 g/mol. The van der Waals surface area contributed by atoms with Crippen LogP contribution in [-0.2, 0) is 11.2 Å². The molecule has 104 valence electrons. The molecule has 4 heteroatoms. The Bertz CT molecular complexity index is 553. The zero-order valence-corrected chi connectivity index (χ0v) is 12.0. The molecule has 1 atom stereocenters. The standard InChI is InChI=1S/C16H17NO2S/c18-16(15-7-4-10-20-15)17-8-9-19-14(12-17)11-13-5-2-1-3-6-13/h1-7,10,14H,8-9,11-12H2/t14-/m0/s1. The topological polar surface area (TPSA) is 29.5 Å². The summed E-state index contributed by atoms with van der Waals surface area (Å²) in [6.45, 7) is 1.97. The van der Waals surface area contributed by atoms with Crippen molar-refractivity contribution in [2.45, 2.75) is 12.5 Å². The van der Waals surface area contributed by atoms with Gasteiger partial charge in [0, 0.05) is 19.5 Å². The Kier molecular flexibility index (Phi) is 4.14. The molecule has 0 spiro atoms. The van der Waals surface area contributed by atoms with Crippen LogP contribution in [-0.4, -0.2) is 36.6 Å². The van der Waals surface area contributed by atoms with Gasteiger partial charge in [0.25, 0.3) is 5.91 Å². The SMILES string of the molecule is O=C(c1cccs1)N1CCO[C@@H](Cc2ccccc2)C1. The van der Waals surface area contributed by atoms with Crippen molar-refractivity contribution in [2.75, 3.05) is 19.7 Å². The highest BCUT2D eigenvalue weighted by Crippen LogP contribution is 2.17. The van der Waals surface area contributed by atoms with Crippen LogP contribution in [0.4, 0.5) is 0 Å². The summed E-state index contributed by atoms with van der Waals surface area (Å²) >= 11 is 1.50. The molecule has 1 aliphatic rings. The van der Waals surface area contributed by atoms with E-state index in [0.29, 0.717) is 19.7 Å². The predicted octanol–water partition coefficient (Wildman–Crippen LogP) is 2.83. The van der Waals surface area contributed by atoms with Crippen LogP contribution in [0, 0.1) is 0 Å². The lowest BCUT2D eigenvalue weighted by molar-refractivity contribution is -0.0206. The third-order valence-corrected chi connectivity index (χ3v) is 4.32. The second-order valence-electron chi connectivity index (χ2n) is 4.91. The second-order valence-corrected chi connectivity index (χ2v) is 5.86. The van der Waals surface area contributed by atoms with Crippen LogP contribution in [0.15, 0.2) is 47.8 Å². The van der Waals surface area contributed by atoms with Crippen molar-refractivity contribution in [3.8, 4) is 0 Å². The Hall–Kier alpha value is -1.65. The minimum atomic E-state index is 0.0927. The fourth-order valence-corrected chi connectivity index (χ4v) is 3.15. The first kappa shape index (κ1) is 13.3. The van der Waals surface area contributed by atoms with Crippen LogP contribution < -0.4 is 0 Å². The fourth-order valence-electron chi connectivity index (χ4n) is 2.46. The van der Waals surface area contributed by atoms with Gasteiger partial charge in [-0.1, -0.05) is 36.4 Å². The smallest absolute Gasteiger partial charge is 0.264 e. The van der Waals surface area contributed by atoms with Crippen molar-refractivity contribution in [1.82, 2.24) is 4.90 Å². The van der Waals surface area contributed by atoms with Crippen molar-refractivity contribution in [3.63, 3.8) is 0 Å². The van der Waals surface area contributed by atoms with Gasteiger partial charge < -0.3 is 9.64 Å². The molecule has 1 aromatic heterocycles. The van der Waals surface area contributed by atoms with Gasteiger partial charge in [0.05, 0.1) is 17.6 Å². The Morgan fingerprint density at radius 2 is 2.10 bits per heavy atom. The van der Waals surface area contributed by atoms with E-state index in [0.717, 1.165) is 11.3 Å². The van der Waals surface area contributed by atoms with E-state index in [4.69, 9.17) is 4.74 Å². The van der Waals surface area contributed by atoms with Crippen LogP contribution in [0.1, 0.15) is 15.2 Å². The van der Waals surface area contributed by atoms with Gasteiger partial charge >= 0.3 is 0 Å². The van der Waals surface area contributed by atoms with Crippen LogP contribution in [0.25, 0.3) is 0 Å². The normalized spacial score (nSPS) is 19.0. The molecule has 0 aliphatic carbocycles. The van der Waals surface area contributed by atoms with Gasteiger partial charge in [0.2, 0.25) is 0 Å². The van der Waals surface area contributed by atoms with E-state index in [1.54, 1.807) is 0 Å². The lowest BCUT2D eigenvalue weighted by Crippen LogP contribution is -2.46. The summed E-state index contributed by atoms with van der Waals surface area (Å²) in [5.41, 5.74) is 1.25. The average molecular weight is 287 g/mol. The summed E-state index contributed by atoms with van der Waals surface area (Å²) in [4.78, 5) is 15.1. The first-order chi connectivity index (χ1) is 9.83. The Morgan fingerprint density at radius 1 is 1.25 bits per heavy atom. The molecule has 0 bridgehead atoms. The van der Waals surface area contributed by atoms with Crippen molar-refractivity contribution < 1.29 is 9.53 Å². The third kappa shape index (κ3) is 3.08. The number of thiophene rings is 1. The van der Waals surface area contributed by atoms with Crippen LogP contribution in [0.2, 0.25) is 0 Å². The second kappa shape index (κ2) is 6.20. The molecule has 3 rings (SSSR count). The number of carbonyl (C=O) groups excluding carboxylic acids is 1. The van der Waals surface area contributed by atoms with Crippen molar-refractivity contribution in [3.05, 3.63) is 58.3 Å². The lowest BCUT2D eigenvalue weighted by atomic mass is 10.1. The minimum absolute atomic E-state index is 0.0927. The van der Waals surface area contributed by atoms with Crippen molar-refractivity contribution in [2.24, 2.45) is 0 Å². The molecule has 0 saturated carbocycles. The minimum Gasteiger partial charge on any atom is -0.374 e. The number of amides is 1. The molecule has 1 amide bonds. The zero-order valence-electron chi connectivity index (χ0n) is 11.2. The maximum absolute atomic E-state index is 12.3. The van der Waals surface area contributed by atoms with Crippen LogP contribution in [0.5, 0.6) is 0 Å². The molecule has 2 aromatic rings. The largest absolute Gasteiger partial charge is 0.374 e. The summed E-state index contributed by atoms with van der Waals surface area (Å²) < 4.78 is 5.79. The number of carbonyl (C=O) groups is 1. The number of hydrogen-bond acceptors (Lipinski definition) is 3. The highest BCUT2D eigenvalue weighted by Gasteiger charge is 2.25. The predicted molar refractivity (Wildman–Crippen MR) is 80.1 cm³/mol. The number of ether oxygens (including phenoxy) is 1. The summed E-state index contributed by atoms with van der Waals surface area (Å²) in [6.07, 6.45) is 0.949. The number of morpholine rings is 1. The molecule has 1 aromatic carbocycles. The van der Waals surface area contributed by atoms with Gasteiger partial charge in [-0.25, -0.2) is 0 Å². The average Bonchev–Trinajstić information content (AvgIpc) is 3.02. The summed E-state index contributed by atoms with van der Waals surface area (Å²) in [7, 11) is 0. The molecule has 2 heterocycles. The number of benzene rings is 1. The van der Waals surface area contributed by atoms with Gasteiger partial charge in [-0.2, -0.15) is 0 Å². The molecule has 0 unspecified atom stereocenters. The first-order valence-electron chi connectivity index (χ1n) is 6.81. The molecule has 1 aliphatic heterocycles. The summed E-state index contributed by atoms with van der Waals surface area (Å²) in [5.74, 6) is 0.126. The molecule has 20 heavy (non-hydrogen) atoms. The molecule has 1 saturated heterocycles. The number of nitrogens with zero attached hydrogens (tertiary/aromatic N) is 1. The van der Waals surface area contributed by atoms with E-state index in [2.05, 4.69) is 12.1 Å². The molecular formula is C16H17NO2S. The molecule has 1 fully saturated rings. The lowest BCUT2D eigenvalue weighted by Gasteiger charge is -2.32. The summed E-state index contributed by atoms with van der Waals surface area (Å²) in [5, 5.41) is 1.94. The van der Waals surface area contributed by atoms with Gasteiger partial charge in [-0.3, -0.25) is 4.79 Å². The van der Waals surface area contributed by atoms with E-state index in [1.807, 2.05) is 40.6 Å². The maximum atomic E-state index is 12.3. The number of hydrogen-bond donors (Lipinski definition) is 0. The quantitative estimate of drug-likeness (QED) is 0.869. The van der Waals surface area contributed by atoms with Gasteiger partial charge in [0.1, 0.15) is 0 Å². The summed E-state index contributed by atoms with van der Waals surface area (Å²) in [6, 6.07) is 14.1. The van der Waals surface area contributed by atoms with Gasteiger partial charge in [0.15, 0.2) is 0 Å². The Labute approximate surface area is 122 Å². The van der Waals surface area contributed by atoms with Crippen LogP contribution >= 0.6 is 11.3 Å². The maximum Gasteiger partial charge on any atom is 0.264 e. The highest BCUT2D eigenvalue weighted by atomic mass is 32.1. The first-order valence-corrected chi connectivity index (χ1v) is 7.69. The van der Waals surface area contributed by atoms with Crippen LogP contribution in [0.3, 0.4) is 0 Å². The van der Waals surface area contributed by atoms with Gasteiger partial charge in [-0.05, 0) is 17.0 Å². The molecule has 3 nitrogen and oxygen atoms in total. The van der Waals surface area contributed by atoms with E-state index in [9.17, 15) is 4.79 Å². The fraction of sp³-hybridized carbons (Fsp3) is 0.312. The Balaban J connectivity index is 1.63. The number of rotatable bonds is 3. The van der Waals surface area contributed by atoms with E-state index in [1.165, 1.54) is 16.9 Å². The third-order valence-electron chi connectivity index (χ3n) is 3.46.